The van der Waals surface area contributed by atoms with Crippen molar-refractivity contribution in [3.05, 3.63) is 29.8 Å². The van der Waals surface area contributed by atoms with Gasteiger partial charge in [0, 0.05) is 18.2 Å². The Morgan fingerprint density at radius 1 is 1.24 bits per heavy atom. The zero-order chi connectivity index (χ0) is 12.9. The van der Waals surface area contributed by atoms with Gasteiger partial charge in [-0.15, -0.1) is 0 Å². The molecule has 1 unspecified atom stereocenters. The van der Waals surface area contributed by atoms with Crippen molar-refractivity contribution in [2.45, 2.75) is 31.5 Å². The second-order valence-corrected chi connectivity index (χ2v) is 3.86. The fraction of sp³-hybridized carbons (Fsp3) is 0.455. The van der Waals surface area contributed by atoms with Crippen molar-refractivity contribution in [1.82, 2.24) is 5.43 Å². The van der Waals surface area contributed by atoms with Crippen LogP contribution in [0.3, 0.4) is 0 Å². The standard InChI is InChI=1S/C11H16F3N3/c12-11(13,14)7-3-6-10(17-16)8-4-1-2-5-9(8)15/h1-2,4-5,10,17H,3,6-7,15-16H2. The van der Waals surface area contributed by atoms with Crippen LogP contribution >= 0.6 is 0 Å². The minimum Gasteiger partial charge on any atom is -0.398 e. The maximum atomic E-state index is 12.0. The van der Waals surface area contributed by atoms with Crippen molar-refractivity contribution in [2.24, 2.45) is 5.84 Å². The first-order valence-corrected chi connectivity index (χ1v) is 5.31. The first-order valence-electron chi connectivity index (χ1n) is 5.31. The molecular weight excluding hydrogens is 231 g/mol. The lowest BCUT2D eigenvalue weighted by atomic mass is 10.00. The van der Waals surface area contributed by atoms with E-state index in [9.17, 15) is 13.2 Å². The molecule has 0 radical (unpaired) electrons. The second kappa shape index (κ2) is 5.88. The molecule has 0 fully saturated rings. The zero-order valence-corrected chi connectivity index (χ0v) is 9.30. The molecule has 0 heterocycles. The summed E-state index contributed by atoms with van der Waals surface area (Å²) in [6, 6.07) is 6.65. The molecule has 0 saturated carbocycles. The molecule has 96 valence electrons. The van der Waals surface area contributed by atoms with Crippen molar-refractivity contribution in [2.75, 3.05) is 5.73 Å². The summed E-state index contributed by atoms with van der Waals surface area (Å²) in [6.07, 6.45) is -4.61. The number of benzene rings is 1. The number of nitrogens with one attached hydrogen (secondary N) is 1. The van der Waals surface area contributed by atoms with Gasteiger partial charge in [-0.3, -0.25) is 11.3 Å². The molecule has 0 spiro atoms. The molecule has 6 heteroatoms. The zero-order valence-electron chi connectivity index (χ0n) is 9.30. The molecule has 0 bridgehead atoms. The van der Waals surface area contributed by atoms with E-state index in [0.29, 0.717) is 12.1 Å². The highest BCUT2D eigenvalue weighted by Crippen LogP contribution is 2.28. The molecule has 0 aliphatic heterocycles. The molecule has 0 saturated heterocycles. The van der Waals surface area contributed by atoms with E-state index in [-0.39, 0.29) is 12.5 Å². The van der Waals surface area contributed by atoms with E-state index in [1.54, 1.807) is 24.3 Å². The Hall–Kier alpha value is -1.27. The maximum Gasteiger partial charge on any atom is 0.389 e. The van der Waals surface area contributed by atoms with Gasteiger partial charge in [0.2, 0.25) is 0 Å². The third kappa shape index (κ3) is 4.62. The fourth-order valence-corrected chi connectivity index (χ4v) is 1.66. The summed E-state index contributed by atoms with van der Waals surface area (Å²) in [6.45, 7) is 0. The number of anilines is 1. The molecule has 1 aromatic carbocycles. The van der Waals surface area contributed by atoms with E-state index in [1.165, 1.54) is 0 Å². The molecular formula is C11H16F3N3. The number of hydrogen-bond acceptors (Lipinski definition) is 3. The van der Waals surface area contributed by atoms with Gasteiger partial charge in [-0.25, -0.2) is 0 Å². The number of hydrazine groups is 1. The number of rotatable bonds is 5. The lowest BCUT2D eigenvalue weighted by molar-refractivity contribution is -0.135. The van der Waals surface area contributed by atoms with Crippen LogP contribution in [0.25, 0.3) is 0 Å². The molecule has 1 rings (SSSR count). The smallest absolute Gasteiger partial charge is 0.389 e. The normalized spacial score (nSPS) is 13.6. The van der Waals surface area contributed by atoms with Crippen LogP contribution in [0.5, 0.6) is 0 Å². The molecule has 1 aromatic rings. The SMILES string of the molecule is NNC(CCCC(F)(F)F)c1ccccc1N. The quantitative estimate of drug-likeness (QED) is 0.425. The van der Waals surface area contributed by atoms with Crippen LogP contribution in [0.2, 0.25) is 0 Å². The Labute approximate surface area is 98.0 Å². The van der Waals surface area contributed by atoms with Gasteiger partial charge < -0.3 is 5.73 Å². The Morgan fingerprint density at radius 2 is 1.88 bits per heavy atom. The summed E-state index contributed by atoms with van der Waals surface area (Å²) < 4.78 is 36.0. The largest absolute Gasteiger partial charge is 0.398 e. The lowest BCUT2D eigenvalue weighted by Crippen LogP contribution is -2.28. The minimum atomic E-state index is -4.12. The van der Waals surface area contributed by atoms with Gasteiger partial charge in [-0.05, 0) is 24.5 Å². The Morgan fingerprint density at radius 3 is 2.41 bits per heavy atom. The molecule has 3 nitrogen and oxygen atoms in total. The number of nitrogens with two attached hydrogens (primary N) is 2. The van der Waals surface area contributed by atoms with Crippen LogP contribution < -0.4 is 17.0 Å². The topological polar surface area (TPSA) is 64.1 Å². The summed E-state index contributed by atoms with van der Waals surface area (Å²) in [4.78, 5) is 0. The first-order chi connectivity index (χ1) is 7.94. The van der Waals surface area contributed by atoms with Crippen molar-refractivity contribution in [1.29, 1.82) is 0 Å². The summed E-state index contributed by atoms with van der Waals surface area (Å²) in [5.41, 5.74) is 9.50. The van der Waals surface area contributed by atoms with E-state index in [1.807, 2.05) is 0 Å². The molecule has 0 aliphatic carbocycles. The monoisotopic (exact) mass is 247 g/mol. The molecule has 5 N–H and O–H groups in total. The van der Waals surface area contributed by atoms with Gasteiger partial charge in [-0.1, -0.05) is 18.2 Å². The summed E-state index contributed by atoms with van der Waals surface area (Å²) in [7, 11) is 0. The lowest BCUT2D eigenvalue weighted by Gasteiger charge is -2.18. The van der Waals surface area contributed by atoms with Crippen LogP contribution in [0, 0.1) is 0 Å². The van der Waals surface area contributed by atoms with Crippen LogP contribution in [0.15, 0.2) is 24.3 Å². The van der Waals surface area contributed by atoms with Gasteiger partial charge in [0.25, 0.3) is 0 Å². The Bertz CT molecular complexity index is 352. The highest BCUT2D eigenvalue weighted by Gasteiger charge is 2.27. The molecule has 0 amide bonds. The maximum absolute atomic E-state index is 12.0. The van der Waals surface area contributed by atoms with Gasteiger partial charge in [0.05, 0.1) is 0 Å². The Kier molecular flexibility index (Phi) is 4.77. The van der Waals surface area contributed by atoms with E-state index in [4.69, 9.17) is 11.6 Å². The third-order valence-corrected chi connectivity index (χ3v) is 2.53. The predicted octanol–water partition coefficient (Wildman–Crippen LogP) is 2.51. The van der Waals surface area contributed by atoms with Crippen molar-refractivity contribution >= 4 is 5.69 Å². The van der Waals surface area contributed by atoms with Crippen molar-refractivity contribution in [3.63, 3.8) is 0 Å². The van der Waals surface area contributed by atoms with Gasteiger partial charge in [0.1, 0.15) is 0 Å². The van der Waals surface area contributed by atoms with E-state index in [0.717, 1.165) is 5.56 Å². The summed E-state index contributed by atoms with van der Waals surface area (Å²) >= 11 is 0. The average Bonchev–Trinajstić information content (AvgIpc) is 2.24. The predicted molar refractivity (Wildman–Crippen MR) is 60.8 cm³/mol. The Balaban J connectivity index is 2.58. The molecule has 1 atom stereocenters. The molecule has 0 aromatic heterocycles. The van der Waals surface area contributed by atoms with E-state index < -0.39 is 12.6 Å². The van der Waals surface area contributed by atoms with Gasteiger partial charge >= 0.3 is 6.18 Å². The highest BCUT2D eigenvalue weighted by atomic mass is 19.4. The number of nitrogen functional groups attached to an aromatic ring is 1. The molecule has 0 aliphatic rings. The third-order valence-electron chi connectivity index (χ3n) is 2.53. The van der Waals surface area contributed by atoms with Gasteiger partial charge in [-0.2, -0.15) is 13.2 Å². The van der Waals surface area contributed by atoms with Crippen LogP contribution in [0.1, 0.15) is 30.9 Å². The molecule has 17 heavy (non-hydrogen) atoms. The van der Waals surface area contributed by atoms with Crippen LogP contribution in [-0.4, -0.2) is 6.18 Å². The first kappa shape index (κ1) is 13.8. The van der Waals surface area contributed by atoms with Gasteiger partial charge in [0.15, 0.2) is 0 Å². The number of alkyl halides is 3. The van der Waals surface area contributed by atoms with E-state index in [2.05, 4.69) is 5.43 Å². The van der Waals surface area contributed by atoms with Crippen LogP contribution in [0.4, 0.5) is 18.9 Å². The fourth-order valence-electron chi connectivity index (χ4n) is 1.66. The van der Waals surface area contributed by atoms with Crippen molar-refractivity contribution < 1.29 is 13.2 Å². The summed E-state index contributed by atoms with van der Waals surface area (Å²) in [5.74, 6) is 5.34. The number of halogens is 3. The van der Waals surface area contributed by atoms with Crippen LogP contribution in [-0.2, 0) is 0 Å². The minimum absolute atomic E-state index is 0.0205. The number of hydrogen-bond donors (Lipinski definition) is 3. The van der Waals surface area contributed by atoms with Crippen molar-refractivity contribution in [3.8, 4) is 0 Å². The van der Waals surface area contributed by atoms with E-state index >= 15 is 0 Å². The second-order valence-electron chi connectivity index (χ2n) is 3.86. The average molecular weight is 247 g/mol. The highest BCUT2D eigenvalue weighted by molar-refractivity contribution is 5.48. The number of para-hydroxylation sites is 1. The summed E-state index contributed by atoms with van der Waals surface area (Å²) in [5, 5.41) is 0.